The lowest BCUT2D eigenvalue weighted by Crippen LogP contribution is -2.32. The van der Waals surface area contributed by atoms with Gasteiger partial charge in [-0.05, 0) is 46.2 Å². The van der Waals surface area contributed by atoms with Gasteiger partial charge in [-0.3, -0.25) is 0 Å². The molecule has 0 amide bonds. The van der Waals surface area contributed by atoms with Crippen molar-refractivity contribution in [2.45, 2.75) is 32.2 Å². The molecule has 0 aliphatic carbocycles. The summed E-state index contributed by atoms with van der Waals surface area (Å²) in [6.07, 6.45) is -2.48. The molecule has 3 rings (SSSR count). The van der Waals surface area contributed by atoms with Gasteiger partial charge in [-0.1, -0.05) is 50.2 Å². The summed E-state index contributed by atoms with van der Waals surface area (Å²) < 4.78 is 35.2. The second kappa shape index (κ2) is 9.23. The van der Waals surface area contributed by atoms with Crippen molar-refractivity contribution in [3.8, 4) is 11.5 Å². The molecule has 0 aliphatic rings. The van der Waals surface area contributed by atoms with E-state index in [1.807, 2.05) is 18.2 Å². The SMILES string of the molecule is COc1ccc2cccc(C(C)(C)CNCc3cccc(OCC(F)F)c3)c2c1. The predicted octanol–water partition coefficient (Wildman–Crippen LogP) is 5.56. The summed E-state index contributed by atoms with van der Waals surface area (Å²) in [4.78, 5) is 0. The van der Waals surface area contributed by atoms with Gasteiger partial charge in [-0.25, -0.2) is 8.78 Å². The number of benzene rings is 3. The highest BCUT2D eigenvalue weighted by atomic mass is 19.3. The molecule has 0 radical (unpaired) electrons. The van der Waals surface area contributed by atoms with E-state index in [2.05, 4.69) is 49.5 Å². The molecule has 0 aromatic heterocycles. The summed E-state index contributed by atoms with van der Waals surface area (Å²) in [6, 6.07) is 19.7. The van der Waals surface area contributed by atoms with Crippen LogP contribution in [0.2, 0.25) is 0 Å². The molecule has 3 aromatic rings. The number of hydrogen-bond donors (Lipinski definition) is 1. The van der Waals surface area contributed by atoms with Gasteiger partial charge in [-0.2, -0.15) is 0 Å². The first-order chi connectivity index (χ1) is 13.9. The Morgan fingerprint density at radius 1 is 0.966 bits per heavy atom. The molecule has 29 heavy (non-hydrogen) atoms. The molecule has 0 unspecified atom stereocenters. The molecule has 1 N–H and O–H groups in total. The topological polar surface area (TPSA) is 30.5 Å². The number of halogens is 2. The minimum atomic E-state index is -2.48. The lowest BCUT2D eigenvalue weighted by molar-refractivity contribution is 0.0818. The van der Waals surface area contributed by atoms with Gasteiger partial charge < -0.3 is 14.8 Å². The molecule has 5 heteroatoms. The lowest BCUT2D eigenvalue weighted by Gasteiger charge is -2.27. The van der Waals surface area contributed by atoms with Gasteiger partial charge in [0.05, 0.1) is 7.11 Å². The fourth-order valence-electron chi connectivity index (χ4n) is 3.49. The van der Waals surface area contributed by atoms with Crippen LogP contribution < -0.4 is 14.8 Å². The van der Waals surface area contributed by atoms with Crippen molar-refractivity contribution in [3.05, 3.63) is 71.8 Å². The quantitative estimate of drug-likeness (QED) is 0.511. The number of hydrogen-bond acceptors (Lipinski definition) is 3. The number of ether oxygens (including phenoxy) is 2. The summed E-state index contributed by atoms with van der Waals surface area (Å²) in [5.41, 5.74) is 2.12. The van der Waals surface area contributed by atoms with E-state index >= 15 is 0 Å². The van der Waals surface area contributed by atoms with Crippen LogP contribution in [-0.2, 0) is 12.0 Å². The predicted molar refractivity (Wildman–Crippen MR) is 113 cm³/mol. The first-order valence-electron chi connectivity index (χ1n) is 9.67. The molecular weight excluding hydrogens is 372 g/mol. The normalized spacial score (nSPS) is 11.8. The Kier molecular flexibility index (Phi) is 6.70. The Bertz CT molecular complexity index is 957. The third kappa shape index (κ3) is 5.45. The largest absolute Gasteiger partial charge is 0.497 e. The van der Waals surface area contributed by atoms with Gasteiger partial charge in [0.15, 0.2) is 0 Å². The Labute approximate surface area is 170 Å². The Morgan fingerprint density at radius 3 is 2.52 bits per heavy atom. The van der Waals surface area contributed by atoms with Crippen molar-refractivity contribution < 1.29 is 18.3 Å². The van der Waals surface area contributed by atoms with E-state index in [4.69, 9.17) is 9.47 Å². The van der Waals surface area contributed by atoms with Crippen molar-refractivity contribution in [2.75, 3.05) is 20.3 Å². The zero-order valence-corrected chi connectivity index (χ0v) is 17.0. The van der Waals surface area contributed by atoms with Gasteiger partial charge in [0, 0.05) is 18.5 Å². The Balaban J connectivity index is 1.69. The van der Waals surface area contributed by atoms with E-state index in [-0.39, 0.29) is 5.41 Å². The maximum atomic E-state index is 12.3. The molecule has 154 valence electrons. The lowest BCUT2D eigenvalue weighted by atomic mass is 9.81. The first-order valence-corrected chi connectivity index (χ1v) is 9.67. The van der Waals surface area contributed by atoms with Crippen LogP contribution >= 0.6 is 0 Å². The number of nitrogens with one attached hydrogen (secondary N) is 1. The monoisotopic (exact) mass is 399 g/mol. The molecule has 0 heterocycles. The highest BCUT2D eigenvalue weighted by Gasteiger charge is 2.22. The Hall–Kier alpha value is -2.66. The van der Waals surface area contributed by atoms with E-state index in [9.17, 15) is 8.78 Å². The minimum absolute atomic E-state index is 0.115. The maximum absolute atomic E-state index is 12.3. The fraction of sp³-hybridized carbons (Fsp3) is 0.333. The van der Waals surface area contributed by atoms with Crippen LogP contribution in [0, 0.1) is 0 Å². The van der Waals surface area contributed by atoms with Gasteiger partial charge in [0.25, 0.3) is 6.43 Å². The van der Waals surface area contributed by atoms with Crippen molar-refractivity contribution in [1.82, 2.24) is 5.32 Å². The summed E-state index contributed by atoms with van der Waals surface area (Å²) in [6.45, 7) is 5.20. The molecule has 0 aliphatic heterocycles. The molecule has 0 saturated carbocycles. The van der Waals surface area contributed by atoms with Crippen LogP contribution in [0.1, 0.15) is 25.0 Å². The van der Waals surface area contributed by atoms with Crippen molar-refractivity contribution in [1.29, 1.82) is 0 Å². The van der Waals surface area contributed by atoms with E-state index in [0.717, 1.165) is 17.9 Å². The third-order valence-electron chi connectivity index (χ3n) is 4.99. The number of fused-ring (bicyclic) bond motifs is 1. The average molecular weight is 399 g/mol. The second-order valence-electron chi connectivity index (χ2n) is 7.73. The van der Waals surface area contributed by atoms with Crippen molar-refractivity contribution in [2.24, 2.45) is 0 Å². The highest BCUT2D eigenvalue weighted by molar-refractivity contribution is 5.88. The number of alkyl halides is 2. The summed E-state index contributed by atoms with van der Waals surface area (Å²) in [7, 11) is 1.68. The third-order valence-corrected chi connectivity index (χ3v) is 4.99. The number of rotatable bonds is 9. The minimum Gasteiger partial charge on any atom is -0.497 e. The molecule has 0 atom stereocenters. The smallest absolute Gasteiger partial charge is 0.272 e. The van der Waals surface area contributed by atoms with E-state index in [0.29, 0.717) is 12.3 Å². The summed E-state index contributed by atoms with van der Waals surface area (Å²) in [5.74, 6) is 1.30. The summed E-state index contributed by atoms with van der Waals surface area (Å²) >= 11 is 0. The van der Waals surface area contributed by atoms with Crippen LogP contribution in [0.5, 0.6) is 11.5 Å². The molecule has 0 bridgehead atoms. The average Bonchev–Trinajstić information content (AvgIpc) is 2.71. The van der Waals surface area contributed by atoms with Crippen molar-refractivity contribution >= 4 is 10.8 Å². The first kappa shape index (κ1) is 21.1. The molecule has 0 saturated heterocycles. The second-order valence-corrected chi connectivity index (χ2v) is 7.73. The zero-order chi connectivity index (χ0) is 20.9. The van der Waals surface area contributed by atoms with Gasteiger partial charge >= 0.3 is 0 Å². The van der Waals surface area contributed by atoms with Crippen molar-refractivity contribution in [3.63, 3.8) is 0 Å². The van der Waals surface area contributed by atoms with Crippen LogP contribution in [0.4, 0.5) is 8.78 Å². The number of methoxy groups -OCH3 is 1. The van der Waals surface area contributed by atoms with Gasteiger partial charge in [0.2, 0.25) is 0 Å². The molecular formula is C24H27F2NO2. The van der Waals surface area contributed by atoms with Gasteiger partial charge in [0.1, 0.15) is 18.1 Å². The standard InChI is InChI=1S/C24H27F2NO2/c1-24(2,22-9-5-7-18-10-11-19(28-3)13-21(18)22)16-27-14-17-6-4-8-20(12-17)29-15-23(25)26/h4-13,23,27H,14-16H2,1-3H3. The van der Waals surface area contributed by atoms with Crippen LogP contribution in [-0.4, -0.2) is 26.7 Å². The molecule has 3 aromatic carbocycles. The maximum Gasteiger partial charge on any atom is 0.272 e. The highest BCUT2D eigenvalue weighted by Crippen LogP contribution is 2.32. The fourth-order valence-corrected chi connectivity index (χ4v) is 3.49. The van der Waals surface area contributed by atoms with Crippen LogP contribution in [0.3, 0.4) is 0 Å². The molecule has 3 nitrogen and oxygen atoms in total. The zero-order valence-electron chi connectivity index (χ0n) is 17.0. The van der Waals surface area contributed by atoms with Crippen LogP contribution in [0.25, 0.3) is 10.8 Å². The summed E-state index contributed by atoms with van der Waals surface area (Å²) in [5, 5.41) is 5.85. The van der Waals surface area contributed by atoms with Gasteiger partial charge in [-0.15, -0.1) is 0 Å². The Morgan fingerprint density at radius 2 is 1.76 bits per heavy atom. The van der Waals surface area contributed by atoms with Crippen LogP contribution in [0.15, 0.2) is 60.7 Å². The van der Waals surface area contributed by atoms with E-state index in [1.165, 1.54) is 16.3 Å². The van der Waals surface area contributed by atoms with E-state index in [1.54, 1.807) is 19.2 Å². The molecule has 0 spiro atoms. The molecule has 0 fully saturated rings. The van der Waals surface area contributed by atoms with E-state index < -0.39 is 13.0 Å².